The molecule has 2 aromatic rings. The summed E-state index contributed by atoms with van der Waals surface area (Å²) in [6.07, 6.45) is -0.175. The molecule has 0 radical (unpaired) electrons. The van der Waals surface area contributed by atoms with Gasteiger partial charge in [0, 0.05) is 12.6 Å². The third kappa shape index (κ3) is 5.10. The van der Waals surface area contributed by atoms with Gasteiger partial charge in [-0.25, -0.2) is 4.79 Å². The van der Waals surface area contributed by atoms with E-state index < -0.39 is 11.0 Å². The van der Waals surface area contributed by atoms with Crippen molar-refractivity contribution in [2.24, 2.45) is 0 Å². The maximum absolute atomic E-state index is 11.7. The SMILES string of the molecule is COc1cc(CCNC(=O)OCc2ccccc2)cc([N+](=O)[O-])c1OC. The van der Waals surface area contributed by atoms with Gasteiger partial charge in [0.2, 0.25) is 5.75 Å². The Morgan fingerprint density at radius 2 is 1.85 bits per heavy atom. The molecule has 0 saturated heterocycles. The highest BCUT2D eigenvalue weighted by Crippen LogP contribution is 2.37. The van der Waals surface area contributed by atoms with E-state index in [0.29, 0.717) is 12.0 Å². The molecule has 0 aliphatic rings. The van der Waals surface area contributed by atoms with Crippen LogP contribution in [0.5, 0.6) is 11.5 Å². The number of nitro benzene ring substituents is 1. The zero-order valence-corrected chi connectivity index (χ0v) is 14.6. The first-order chi connectivity index (χ1) is 12.5. The topological polar surface area (TPSA) is 99.9 Å². The summed E-state index contributed by atoms with van der Waals surface area (Å²) in [5, 5.41) is 13.8. The smallest absolute Gasteiger partial charge is 0.407 e. The van der Waals surface area contributed by atoms with Gasteiger partial charge in [-0.1, -0.05) is 30.3 Å². The molecule has 0 fully saturated rings. The molecular formula is C18H20N2O6. The minimum atomic E-state index is -0.552. The zero-order valence-electron chi connectivity index (χ0n) is 14.6. The van der Waals surface area contributed by atoms with Gasteiger partial charge in [0.25, 0.3) is 0 Å². The molecular weight excluding hydrogens is 340 g/mol. The van der Waals surface area contributed by atoms with Gasteiger partial charge in [-0.15, -0.1) is 0 Å². The molecule has 0 spiro atoms. The van der Waals surface area contributed by atoms with Crippen LogP contribution in [0.2, 0.25) is 0 Å². The van der Waals surface area contributed by atoms with Crippen LogP contribution < -0.4 is 14.8 Å². The first-order valence-corrected chi connectivity index (χ1v) is 7.89. The third-order valence-electron chi connectivity index (χ3n) is 3.61. The van der Waals surface area contributed by atoms with Crippen molar-refractivity contribution in [2.45, 2.75) is 13.0 Å². The van der Waals surface area contributed by atoms with Crippen LogP contribution in [0.3, 0.4) is 0 Å². The van der Waals surface area contributed by atoms with Crippen molar-refractivity contribution in [1.29, 1.82) is 0 Å². The number of alkyl carbamates (subject to hydrolysis) is 1. The Kier molecular flexibility index (Phi) is 6.78. The highest BCUT2D eigenvalue weighted by atomic mass is 16.6. The van der Waals surface area contributed by atoms with Crippen LogP contribution in [0.1, 0.15) is 11.1 Å². The largest absolute Gasteiger partial charge is 0.493 e. The summed E-state index contributed by atoms with van der Waals surface area (Å²) < 4.78 is 15.3. The molecule has 0 heterocycles. The van der Waals surface area contributed by atoms with E-state index in [1.165, 1.54) is 20.3 Å². The van der Waals surface area contributed by atoms with Crippen LogP contribution in [0.25, 0.3) is 0 Å². The molecule has 138 valence electrons. The van der Waals surface area contributed by atoms with Gasteiger partial charge in [0.15, 0.2) is 5.75 Å². The quantitative estimate of drug-likeness (QED) is 0.574. The number of hydrogen-bond acceptors (Lipinski definition) is 6. The summed E-state index contributed by atoms with van der Waals surface area (Å²) in [5.41, 5.74) is 1.34. The number of amides is 1. The first-order valence-electron chi connectivity index (χ1n) is 7.89. The van der Waals surface area contributed by atoms with E-state index in [2.05, 4.69) is 5.32 Å². The lowest BCUT2D eigenvalue weighted by molar-refractivity contribution is -0.385. The Morgan fingerprint density at radius 1 is 1.12 bits per heavy atom. The lowest BCUT2D eigenvalue weighted by Crippen LogP contribution is -2.26. The maximum Gasteiger partial charge on any atom is 0.407 e. The van der Waals surface area contributed by atoms with E-state index in [1.54, 1.807) is 6.07 Å². The van der Waals surface area contributed by atoms with E-state index in [4.69, 9.17) is 14.2 Å². The normalized spacial score (nSPS) is 10.1. The van der Waals surface area contributed by atoms with Crippen molar-refractivity contribution in [1.82, 2.24) is 5.32 Å². The Bertz CT molecular complexity index is 764. The van der Waals surface area contributed by atoms with Crippen LogP contribution in [0.4, 0.5) is 10.5 Å². The van der Waals surface area contributed by atoms with E-state index in [-0.39, 0.29) is 30.3 Å². The van der Waals surface area contributed by atoms with Gasteiger partial charge in [0.1, 0.15) is 6.61 Å². The Labute approximate surface area is 150 Å². The second-order valence-corrected chi connectivity index (χ2v) is 5.35. The number of benzene rings is 2. The highest BCUT2D eigenvalue weighted by Gasteiger charge is 2.21. The fourth-order valence-corrected chi connectivity index (χ4v) is 2.36. The lowest BCUT2D eigenvalue weighted by atomic mass is 10.1. The molecule has 0 aliphatic heterocycles. The Balaban J connectivity index is 1.91. The molecule has 26 heavy (non-hydrogen) atoms. The van der Waals surface area contributed by atoms with Gasteiger partial charge >= 0.3 is 11.8 Å². The third-order valence-corrected chi connectivity index (χ3v) is 3.61. The Hall–Kier alpha value is -3.29. The molecule has 8 nitrogen and oxygen atoms in total. The van der Waals surface area contributed by atoms with Gasteiger partial charge < -0.3 is 19.5 Å². The maximum atomic E-state index is 11.7. The van der Waals surface area contributed by atoms with E-state index >= 15 is 0 Å². The number of carbonyl (C=O) groups excluding carboxylic acids is 1. The molecule has 1 amide bonds. The van der Waals surface area contributed by atoms with E-state index in [9.17, 15) is 14.9 Å². The van der Waals surface area contributed by atoms with Gasteiger partial charge in [0.05, 0.1) is 19.1 Å². The first kappa shape index (κ1) is 19.0. The van der Waals surface area contributed by atoms with Crippen molar-refractivity contribution in [3.05, 3.63) is 63.7 Å². The summed E-state index contributed by atoms with van der Waals surface area (Å²) >= 11 is 0. The van der Waals surface area contributed by atoms with Crippen molar-refractivity contribution in [3.63, 3.8) is 0 Å². The summed E-state index contributed by atoms with van der Waals surface area (Å²) in [6, 6.07) is 12.4. The van der Waals surface area contributed by atoms with Gasteiger partial charge in [-0.05, 0) is 23.6 Å². The minimum absolute atomic E-state index is 0.0662. The average molecular weight is 360 g/mol. The molecule has 0 unspecified atom stereocenters. The fraction of sp³-hybridized carbons (Fsp3) is 0.278. The lowest BCUT2D eigenvalue weighted by Gasteiger charge is -2.11. The number of methoxy groups -OCH3 is 2. The molecule has 1 N–H and O–H groups in total. The van der Waals surface area contributed by atoms with Gasteiger partial charge in [-0.2, -0.15) is 0 Å². The molecule has 2 aromatic carbocycles. The Morgan fingerprint density at radius 3 is 2.46 bits per heavy atom. The number of hydrogen-bond donors (Lipinski definition) is 1. The van der Waals surface area contributed by atoms with Crippen LogP contribution in [0.15, 0.2) is 42.5 Å². The van der Waals surface area contributed by atoms with Crippen molar-refractivity contribution < 1.29 is 23.9 Å². The average Bonchev–Trinajstić information content (AvgIpc) is 2.66. The van der Waals surface area contributed by atoms with Crippen LogP contribution in [0, 0.1) is 10.1 Å². The van der Waals surface area contributed by atoms with Crippen molar-refractivity contribution in [2.75, 3.05) is 20.8 Å². The molecule has 0 aromatic heterocycles. The van der Waals surface area contributed by atoms with Crippen molar-refractivity contribution in [3.8, 4) is 11.5 Å². The second-order valence-electron chi connectivity index (χ2n) is 5.35. The van der Waals surface area contributed by atoms with Crippen molar-refractivity contribution >= 4 is 11.8 Å². The predicted octanol–water partition coefficient (Wildman–Crippen LogP) is 3.08. The molecule has 0 atom stereocenters. The number of rotatable bonds is 8. The molecule has 0 saturated carbocycles. The number of nitro groups is 1. The number of ether oxygens (including phenoxy) is 3. The second kappa shape index (κ2) is 9.26. The van der Waals surface area contributed by atoms with E-state index in [0.717, 1.165) is 5.56 Å². The summed E-state index contributed by atoms with van der Waals surface area (Å²) in [7, 11) is 2.75. The van der Waals surface area contributed by atoms with E-state index in [1.807, 2.05) is 30.3 Å². The minimum Gasteiger partial charge on any atom is -0.493 e. The van der Waals surface area contributed by atoms with Crippen LogP contribution in [-0.4, -0.2) is 31.8 Å². The standard InChI is InChI=1S/C18H20N2O6/c1-24-16-11-14(10-15(20(22)23)17(16)25-2)8-9-19-18(21)26-12-13-6-4-3-5-7-13/h3-7,10-11H,8-9,12H2,1-2H3,(H,19,21). The summed E-state index contributed by atoms with van der Waals surface area (Å²) in [6.45, 7) is 0.439. The van der Waals surface area contributed by atoms with Crippen LogP contribution >= 0.6 is 0 Å². The molecule has 2 rings (SSSR count). The molecule has 8 heteroatoms. The summed E-state index contributed by atoms with van der Waals surface area (Å²) in [5.74, 6) is 0.333. The van der Waals surface area contributed by atoms with Crippen LogP contribution in [-0.2, 0) is 17.8 Å². The summed E-state index contributed by atoms with van der Waals surface area (Å²) in [4.78, 5) is 22.4. The molecule has 0 aliphatic carbocycles. The zero-order chi connectivity index (χ0) is 18.9. The monoisotopic (exact) mass is 360 g/mol. The van der Waals surface area contributed by atoms with Gasteiger partial charge in [-0.3, -0.25) is 10.1 Å². The number of nitrogens with zero attached hydrogens (tertiary/aromatic N) is 1. The number of nitrogens with one attached hydrogen (secondary N) is 1. The fourth-order valence-electron chi connectivity index (χ4n) is 2.36. The number of carbonyl (C=O) groups is 1. The predicted molar refractivity (Wildman–Crippen MR) is 94.5 cm³/mol. The highest BCUT2D eigenvalue weighted by molar-refractivity contribution is 5.67. The molecule has 0 bridgehead atoms.